The van der Waals surface area contributed by atoms with E-state index < -0.39 is 24.0 Å². The van der Waals surface area contributed by atoms with Gasteiger partial charge in [0.05, 0.1) is 0 Å². The number of aryl methyl sites for hydroxylation is 1. The molecule has 2 unspecified atom stereocenters. The molecule has 6 nitrogen and oxygen atoms in total. The first-order chi connectivity index (χ1) is 12.6. The molecule has 0 aliphatic rings. The third-order valence-corrected chi connectivity index (χ3v) is 3.75. The molecule has 26 heavy (non-hydrogen) atoms. The van der Waals surface area contributed by atoms with Crippen LogP contribution in [0.25, 0.3) is 0 Å². The van der Waals surface area contributed by atoms with Gasteiger partial charge in [0.15, 0.2) is 0 Å². The Balaban J connectivity index is 1.97. The van der Waals surface area contributed by atoms with Crippen molar-refractivity contribution < 1.29 is 19.8 Å². The van der Waals surface area contributed by atoms with Crippen molar-refractivity contribution in [3.05, 3.63) is 66.0 Å². The minimum absolute atomic E-state index is 0.0129. The monoisotopic (exact) mass is 352 g/mol. The molecule has 2 aromatic rings. The number of hydrogen-bond acceptors (Lipinski definition) is 4. The van der Waals surface area contributed by atoms with Gasteiger partial charge in [-0.25, -0.2) is 4.98 Å². The Labute approximate surface area is 151 Å². The van der Waals surface area contributed by atoms with Gasteiger partial charge in [-0.05, 0) is 36.5 Å². The number of benzene rings is 1. The van der Waals surface area contributed by atoms with Crippen LogP contribution in [-0.2, 0) is 16.0 Å². The average Bonchev–Trinajstić information content (AvgIpc) is 2.65. The highest BCUT2D eigenvalue weighted by Gasteiger charge is 2.25. The zero-order valence-corrected chi connectivity index (χ0v) is 14.1. The smallest absolute Gasteiger partial charge is 0.321 e. The second-order valence-corrected chi connectivity index (χ2v) is 5.69. The van der Waals surface area contributed by atoms with Crippen molar-refractivity contribution >= 4 is 11.9 Å². The van der Waals surface area contributed by atoms with Crippen LogP contribution in [0.1, 0.15) is 24.1 Å². The van der Waals surface area contributed by atoms with Crippen molar-refractivity contribution in [3.63, 3.8) is 0 Å². The lowest BCUT2D eigenvalue weighted by molar-refractivity contribution is -0.142. The number of aromatic nitrogens is 1. The van der Waals surface area contributed by atoms with Crippen LogP contribution in [0, 0.1) is 11.8 Å². The second kappa shape index (κ2) is 9.97. The first-order valence-corrected chi connectivity index (χ1v) is 8.21. The SMILES string of the molecule is O=C(O)C(CC#Cc1ccccn1)NC(CCc1ccccc1)C(=O)O. The Morgan fingerprint density at radius 1 is 1.00 bits per heavy atom. The van der Waals surface area contributed by atoms with Crippen molar-refractivity contribution in [3.8, 4) is 11.8 Å². The van der Waals surface area contributed by atoms with Gasteiger partial charge in [0, 0.05) is 12.6 Å². The van der Waals surface area contributed by atoms with Gasteiger partial charge in [-0.2, -0.15) is 0 Å². The molecule has 1 aromatic heterocycles. The summed E-state index contributed by atoms with van der Waals surface area (Å²) in [5.74, 6) is 3.32. The molecule has 0 aliphatic heterocycles. The highest BCUT2D eigenvalue weighted by atomic mass is 16.4. The van der Waals surface area contributed by atoms with E-state index in [1.165, 1.54) is 0 Å². The van der Waals surface area contributed by atoms with Crippen LogP contribution >= 0.6 is 0 Å². The summed E-state index contributed by atoms with van der Waals surface area (Å²) in [5.41, 5.74) is 1.54. The standard InChI is InChI=1S/C20H20N2O4/c23-19(24)17(11-6-10-16-9-4-5-14-21-16)22-18(20(25)26)13-12-15-7-2-1-3-8-15/h1-5,7-9,14,17-18,22H,11-13H2,(H,23,24)(H,25,26). The first kappa shape index (κ1) is 19.2. The first-order valence-electron chi connectivity index (χ1n) is 8.21. The molecule has 0 aliphatic carbocycles. The molecule has 0 saturated carbocycles. The predicted octanol–water partition coefficient (Wildman–Crippen LogP) is 1.95. The fourth-order valence-corrected chi connectivity index (χ4v) is 2.37. The van der Waals surface area contributed by atoms with Crippen molar-refractivity contribution in [2.45, 2.75) is 31.3 Å². The van der Waals surface area contributed by atoms with Crippen molar-refractivity contribution in [2.24, 2.45) is 0 Å². The van der Waals surface area contributed by atoms with Crippen LogP contribution in [0.5, 0.6) is 0 Å². The zero-order chi connectivity index (χ0) is 18.8. The summed E-state index contributed by atoms with van der Waals surface area (Å²) < 4.78 is 0. The molecule has 0 bridgehead atoms. The van der Waals surface area contributed by atoms with Gasteiger partial charge in [-0.1, -0.05) is 42.3 Å². The largest absolute Gasteiger partial charge is 0.480 e. The van der Waals surface area contributed by atoms with Crippen LogP contribution < -0.4 is 5.32 Å². The molecule has 0 radical (unpaired) electrons. The van der Waals surface area contributed by atoms with Gasteiger partial charge in [0.1, 0.15) is 17.8 Å². The van der Waals surface area contributed by atoms with Gasteiger partial charge in [0.25, 0.3) is 0 Å². The molecule has 3 N–H and O–H groups in total. The van der Waals surface area contributed by atoms with Crippen molar-refractivity contribution in [2.75, 3.05) is 0 Å². The zero-order valence-electron chi connectivity index (χ0n) is 14.1. The number of carbonyl (C=O) groups is 2. The molecule has 0 spiro atoms. The highest BCUT2D eigenvalue weighted by Crippen LogP contribution is 2.07. The predicted molar refractivity (Wildman–Crippen MR) is 96.5 cm³/mol. The second-order valence-electron chi connectivity index (χ2n) is 5.69. The molecule has 6 heteroatoms. The van der Waals surface area contributed by atoms with Crippen LogP contribution in [0.15, 0.2) is 54.7 Å². The molecule has 0 fully saturated rings. The molecule has 2 rings (SSSR count). The summed E-state index contributed by atoms with van der Waals surface area (Å²) >= 11 is 0. The molecule has 1 heterocycles. The Hall–Kier alpha value is -3.17. The lowest BCUT2D eigenvalue weighted by atomic mass is 10.0. The highest BCUT2D eigenvalue weighted by molar-refractivity contribution is 5.77. The van der Waals surface area contributed by atoms with Gasteiger partial charge in [-0.15, -0.1) is 0 Å². The van der Waals surface area contributed by atoms with E-state index >= 15 is 0 Å². The van der Waals surface area contributed by atoms with Crippen LogP contribution in [0.4, 0.5) is 0 Å². The maximum Gasteiger partial charge on any atom is 0.321 e. The van der Waals surface area contributed by atoms with E-state index in [9.17, 15) is 19.8 Å². The molecule has 134 valence electrons. The summed E-state index contributed by atoms with van der Waals surface area (Å²) in [4.78, 5) is 26.9. The maximum atomic E-state index is 11.5. The van der Waals surface area contributed by atoms with Gasteiger partial charge in [-0.3, -0.25) is 14.9 Å². The molecular weight excluding hydrogens is 332 g/mol. The minimum atomic E-state index is -1.13. The third-order valence-electron chi connectivity index (χ3n) is 3.75. The molecule has 0 saturated heterocycles. The molecule has 1 aromatic carbocycles. The summed E-state index contributed by atoms with van der Waals surface area (Å²) in [7, 11) is 0. The minimum Gasteiger partial charge on any atom is -0.480 e. The number of aliphatic carboxylic acids is 2. The van der Waals surface area contributed by atoms with E-state index in [2.05, 4.69) is 22.1 Å². The summed E-state index contributed by atoms with van der Waals surface area (Å²) in [5, 5.41) is 21.4. The normalized spacial score (nSPS) is 12.5. The fraction of sp³-hybridized carbons (Fsp3) is 0.250. The van der Waals surface area contributed by atoms with Crippen LogP contribution in [0.3, 0.4) is 0 Å². The van der Waals surface area contributed by atoms with E-state index in [1.54, 1.807) is 24.4 Å². The van der Waals surface area contributed by atoms with E-state index in [4.69, 9.17) is 0 Å². The third kappa shape index (κ3) is 6.38. The van der Waals surface area contributed by atoms with Gasteiger partial charge < -0.3 is 10.2 Å². The van der Waals surface area contributed by atoms with E-state index in [-0.39, 0.29) is 12.8 Å². The topological polar surface area (TPSA) is 99.5 Å². The van der Waals surface area contributed by atoms with E-state index in [0.29, 0.717) is 12.1 Å². The fourth-order valence-electron chi connectivity index (χ4n) is 2.37. The number of carboxylic acid groups (broad SMARTS) is 2. The number of pyridine rings is 1. The lowest BCUT2D eigenvalue weighted by Crippen LogP contribution is -2.47. The quantitative estimate of drug-likeness (QED) is 0.628. The van der Waals surface area contributed by atoms with E-state index in [0.717, 1.165) is 5.56 Å². The maximum absolute atomic E-state index is 11.5. The van der Waals surface area contributed by atoms with Crippen molar-refractivity contribution in [1.29, 1.82) is 0 Å². The molecule has 0 amide bonds. The summed E-state index contributed by atoms with van der Waals surface area (Å²) in [6.07, 6.45) is 2.41. The van der Waals surface area contributed by atoms with E-state index in [1.807, 2.05) is 30.3 Å². The number of nitrogens with one attached hydrogen (secondary N) is 1. The van der Waals surface area contributed by atoms with Crippen molar-refractivity contribution in [1.82, 2.24) is 10.3 Å². The Kier molecular flexibility index (Phi) is 7.34. The Morgan fingerprint density at radius 3 is 2.31 bits per heavy atom. The Morgan fingerprint density at radius 2 is 1.69 bits per heavy atom. The molecular formula is C20H20N2O4. The number of nitrogens with zero attached hydrogens (tertiary/aromatic N) is 1. The number of rotatable bonds is 8. The lowest BCUT2D eigenvalue weighted by Gasteiger charge is -2.19. The van der Waals surface area contributed by atoms with Gasteiger partial charge in [0.2, 0.25) is 0 Å². The van der Waals surface area contributed by atoms with Crippen LogP contribution in [-0.4, -0.2) is 39.2 Å². The number of carboxylic acids is 2. The number of hydrogen-bond donors (Lipinski definition) is 3. The van der Waals surface area contributed by atoms with Crippen LogP contribution in [0.2, 0.25) is 0 Å². The Bertz CT molecular complexity index is 782. The summed E-state index contributed by atoms with van der Waals surface area (Å²) in [6, 6.07) is 12.7. The summed E-state index contributed by atoms with van der Waals surface area (Å²) in [6.45, 7) is 0. The average molecular weight is 352 g/mol. The molecule has 2 atom stereocenters. The van der Waals surface area contributed by atoms with Gasteiger partial charge >= 0.3 is 11.9 Å².